The van der Waals surface area contributed by atoms with Crippen molar-refractivity contribution < 1.29 is 4.39 Å². The van der Waals surface area contributed by atoms with Gasteiger partial charge in [-0.3, -0.25) is 4.79 Å². The number of benzene rings is 1. The Kier molecular flexibility index (Phi) is 2.90. The van der Waals surface area contributed by atoms with Crippen LogP contribution in [-0.2, 0) is 7.05 Å². The Morgan fingerprint density at radius 1 is 1.35 bits per heavy atom. The van der Waals surface area contributed by atoms with Crippen LogP contribution in [0.15, 0.2) is 35.3 Å². The third kappa shape index (κ3) is 2.17. The van der Waals surface area contributed by atoms with Crippen LogP contribution in [0.25, 0.3) is 11.1 Å². The second-order valence-electron chi connectivity index (χ2n) is 3.72. The summed E-state index contributed by atoms with van der Waals surface area (Å²) in [6, 6.07) is 5.62. The number of pyridine rings is 1. The lowest BCUT2D eigenvalue weighted by molar-refractivity contribution is 0.633. The number of anilines is 1. The third-order valence-electron chi connectivity index (χ3n) is 2.48. The molecule has 0 aliphatic heterocycles. The predicted molar refractivity (Wildman–Crippen MR) is 66.5 cm³/mol. The van der Waals surface area contributed by atoms with Crippen LogP contribution in [0.5, 0.6) is 0 Å². The number of nitrogens with two attached hydrogens (primary N) is 1. The zero-order chi connectivity index (χ0) is 12.6. The lowest BCUT2D eigenvalue weighted by atomic mass is 10.1. The molecule has 5 heteroatoms. The van der Waals surface area contributed by atoms with Crippen molar-refractivity contribution in [3.8, 4) is 11.1 Å². The first-order valence-electron chi connectivity index (χ1n) is 4.90. The first-order chi connectivity index (χ1) is 7.99. The SMILES string of the molecule is Cn1cc(-c2cc(F)c(N)cc2Cl)ccc1=O. The van der Waals surface area contributed by atoms with E-state index in [1.54, 1.807) is 19.3 Å². The quantitative estimate of drug-likeness (QED) is 0.793. The zero-order valence-corrected chi connectivity index (χ0v) is 9.83. The lowest BCUT2D eigenvalue weighted by Gasteiger charge is -2.07. The molecular weight excluding hydrogens is 243 g/mol. The number of halogens is 2. The molecule has 0 aliphatic rings. The van der Waals surface area contributed by atoms with E-state index >= 15 is 0 Å². The van der Waals surface area contributed by atoms with E-state index in [-0.39, 0.29) is 11.2 Å². The van der Waals surface area contributed by atoms with Gasteiger partial charge in [0.2, 0.25) is 5.56 Å². The van der Waals surface area contributed by atoms with Gasteiger partial charge in [-0.25, -0.2) is 4.39 Å². The van der Waals surface area contributed by atoms with Crippen LogP contribution < -0.4 is 11.3 Å². The molecular formula is C12H10ClFN2O. The molecule has 0 unspecified atom stereocenters. The maximum atomic E-state index is 13.4. The predicted octanol–water partition coefficient (Wildman–Crippen LogP) is 2.43. The topological polar surface area (TPSA) is 48.0 Å². The molecule has 0 saturated carbocycles. The smallest absolute Gasteiger partial charge is 0.250 e. The molecule has 88 valence electrons. The van der Waals surface area contributed by atoms with Crippen LogP contribution in [-0.4, -0.2) is 4.57 Å². The van der Waals surface area contributed by atoms with E-state index in [2.05, 4.69) is 0 Å². The minimum atomic E-state index is -0.529. The molecule has 2 N–H and O–H groups in total. The van der Waals surface area contributed by atoms with Crippen molar-refractivity contribution in [3.05, 3.63) is 51.7 Å². The standard InChI is InChI=1S/C12H10ClFN2O/c1-16-6-7(2-3-12(16)17)8-4-10(14)11(15)5-9(8)13/h2-6H,15H2,1H3. The number of aromatic nitrogens is 1. The lowest BCUT2D eigenvalue weighted by Crippen LogP contribution is -2.14. The van der Waals surface area contributed by atoms with E-state index in [0.717, 1.165) is 0 Å². The van der Waals surface area contributed by atoms with Gasteiger partial charge in [-0.05, 0) is 23.8 Å². The van der Waals surface area contributed by atoms with Crippen LogP contribution >= 0.6 is 11.6 Å². The Morgan fingerprint density at radius 3 is 2.71 bits per heavy atom. The molecule has 0 spiro atoms. The molecule has 0 radical (unpaired) electrons. The largest absolute Gasteiger partial charge is 0.396 e. The van der Waals surface area contributed by atoms with Crippen molar-refractivity contribution in [1.29, 1.82) is 0 Å². The molecule has 3 nitrogen and oxygen atoms in total. The van der Waals surface area contributed by atoms with Gasteiger partial charge in [0.1, 0.15) is 5.82 Å². The first-order valence-corrected chi connectivity index (χ1v) is 5.28. The second kappa shape index (κ2) is 4.22. The van der Waals surface area contributed by atoms with Gasteiger partial charge >= 0.3 is 0 Å². The summed E-state index contributed by atoms with van der Waals surface area (Å²) in [6.07, 6.45) is 1.60. The highest BCUT2D eigenvalue weighted by molar-refractivity contribution is 6.33. The van der Waals surface area contributed by atoms with Crippen LogP contribution in [0, 0.1) is 5.82 Å². The highest BCUT2D eigenvalue weighted by atomic mass is 35.5. The average Bonchev–Trinajstić information content (AvgIpc) is 2.27. The summed E-state index contributed by atoms with van der Waals surface area (Å²) in [4.78, 5) is 11.2. The third-order valence-corrected chi connectivity index (χ3v) is 2.80. The zero-order valence-electron chi connectivity index (χ0n) is 9.08. The molecule has 0 amide bonds. The molecule has 1 aromatic carbocycles. The van der Waals surface area contributed by atoms with Gasteiger partial charge in [-0.2, -0.15) is 0 Å². The van der Waals surface area contributed by atoms with Gasteiger partial charge in [-0.15, -0.1) is 0 Å². The number of nitrogens with zero attached hydrogens (tertiary/aromatic N) is 1. The van der Waals surface area contributed by atoms with Crippen molar-refractivity contribution >= 4 is 17.3 Å². The first kappa shape index (κ1) is 11.7. The number of aryl methyl sites for hydroxylation is 1. The fraction of sp³-hybridized carbons (Fsp3) is 0.0833. The molecule has 0 fully saturated rings. The number of hydrogen-bond acceptors (Lipinski definition) is 2. The van der Waals surface area contributed by atoms with Crippen molar-refractivity contribution in [1.82, 2.24) is 4.57 Å². The van der Waals surface area contributed by atoms with Gasteiger partial charge in [0.15, 0.2) is 0 Å². The Morgan fingerprint density at radius 2 is 2.06 bits per heavy atom. The fourth-order valence-electron chi connectivity index (χ4n) is 1.54. The maximum Gasteiger partial charge on any atom is 0.250 e. The van der Waals surface area contributed by atoms with Crippen molar-refractivity contribution in [2.75, 3.05) is 5.73 Å². The van der Waals surface area contributed by atoms with E-state index in [0.29, 0.717) is 16.1 Å². The maximum absolute atomic E-state index is 13.4. The second-order valence-corrected chi connectivity index (χ2v) is 4.13. The van der Waals surface area contributed by atoms with E-state index in [4.69, 9.17) is 17.3 Å². The molecule has 17 heavy (non-hydrogen) atoms. The number of hydrogen-bond donors (Lipinski definition) is 1. The van der Waals surface area contributed by atoms with Crippen molar-refractivity contribution in [2.45, 2.75) is 0 Å². The highest BCUT2D eigenvalue weighted by Crippen LogP contribution is 2.30. The van der Waals surface area contributed by atoms with E-state index < -0.39 is 5.82 Å². The van der Waals surface area contributed by atoms with Gasteiger partial charge in [0.25, 0.3) is 0 Å². The minimum Gasteiger partial charge on any atom is -0.396 e. The van der Waals surface area contributed by atoms with Gasteiger partial charge in [0, 0.05) is 24.9 Å². The average molecular weight is 253 g/mol. The highest BCUT2D eigenvalue weighted by Gasteiger charge is 2.09. The molecule has 0 aliphatic carbocycles. The molecule has 2 aromatic rings. The van der Waals surface area contributed by atoms with Gasteiger partial charge < -0.3 is 10.3 Å². The Labute approximate surface area is 102 Å². The van der Waals surface area contributed by atoms with Gasteiger partial charge in [-0.1, -0.05) is 11.6 Å². The summed E-state index contributed by atoms with van der Waals surface area (Å²) in [5, 5.41) is 0.350. The van der Waals surface area contributed by atoms with Crippen LogP contribution in [0.4, 0.5) is 10.1 Å². The minimum absolute atomic E-state index is 0.00331. The molecule has 1 aromatic heterocycles. The summed E-state index contributed by atoms with van der Waals surface area (Å²) in [5.41, 5.74) is 6.44. The summed E-state index contributed by atoms with van der Waals surface area (Å²) in [6.45, 7) is 0. The number of rotatable bonds is 1. The normalized spacial score (nSPS) is 10.5. The van der Waals surface area contributed by atoms with Crippen LogP contribution in [0.3, 0.4) is 0 Å². The fourth-order valence-corrected chi connectivity index (χ4v) is 1.82. The summed E-state index contributed by atoms with van der Waals surface area (Å²) in [7, 11) is 1.62. The summed E-state index contributed by atoms with van der Waals surface area (Å²) in [5.74, 6) is -0.529. The van der Waals surface area contributed by atoms with Crippen LogP contribution in [0.1, 0.15) is 0 Å². The van der Waals surface area contributed by atoms with E-state index in [1.807, 2.05) is 0 Å². The van der Waals surface area contributed by atoms with Crippen molar-refractivity contribution in [3.63, 3.8) is 0 Å². The van der Waals surface area contributed by atoms with Crippen molar-refractivity contribution in [2.24, 2.45) is 7.05 Å². The van der Waals surface area contributed by atoms with Crippen LogP contribution in [0.2, 0.25) is 5.02 Å². The Balaban J connectivity index is 2.64. The molecule has 0 saturated heterocycles. The van der Waals surface area contributed by atoms with E-state index in [9.17, 15) is 9.18 Å². The summed E-state index contributed by atoms with van der Waals surface area (Å²) < 4.78 is 14.8. The number of nitrogen functional groups attached to an aromatic ring is 1. The Hall–Kier alpha value is -1.81. The molecule has 1 heterocycles. The molecule has 2 rings (SSSR count). The summed E-state index contributed by atoms with van der Waals surface area (Å²) >= 11 is 5.99. The molecule has 0 atom stereocenters. The van der Waals surface area contributed by atoms with Gasteiger partial charge in [0.05, 0.1) is 10.7 Å². The van der Waals surface area contributed by atoms with E-state index in [1.165, 1.54) is 22.8 Å². The molecule has 0 bridgehead atoms. The Bertz CT molecular complexity index is 637. The monoisotopic (exact) mass is 252 g/mol.